The SMILES string of the molecule is O=C(C=CC1=CC=CCC1=O)C=CC1=CC=CCC1=O. The van der Waals surface area contributed by atoms with Gasteiger partial charge in [-0.25, -0.2) is 0 Å². The Balaban J connectivity index is 1.99. The van der Waals surface area contributed by atoms with Crippen molar-refractivity contribution in [1.82, 2.24) is 0 Å². The minimum absolute atomic E-state index is 0.00386. The summed E-state index contributed by atoms with van der Waals surface area (Å²) in [6, 6.07) is 0. The van der Waals surface area contributed by atoms with Crippen LogP contribution in [-0.2, 0) is 14.4 Å². The average molecular weight is 266 g/mol. The number of carbonyl (C=O) groups excluding carboxylic acids is 3. The lowest BCUT2D eigenvalue weighted by Crippen LogP contribution is -2.03. The first-order chi connectivity index (χ1) is 9.66. The summed E-state index contributed by atoms with van der Waals surface area (Å²) in [6.45, 7) is 0. The van der Waals surface area contributed by atoms with E-state index in [1.165, 1.54) is 24.3 Å². The summed E-state index contributed by atoms with van der Waals surface area (Å²) in [5.41, 5.74) is 1.04. The zero-order valence-electron chi connectivity index (χ0n) is 10.9. The van der Waals surface area contributed by atoms with Crippen LogP contribution in [0.1, 0.15) is 12.8 Å². The summed E-state index contributed by atoms with van der Waals surface area (Å²) in [4.78, 5) is 34.6. The molecule has 0 aromatic heterocycles. The third kappa shape index (κ3) is 3.72. The second-order valence-electron chi connectivity index (χ2n) is 4.42. The summed E-state index contributed by atoms with van der Waals surface area (Å²) in [6.07, 6.45) is 16.9. The van der Waals surface area contributed by atoms with E-state index in [2.05, 4.69) is 0 Å². The third-order valence-corrected chi connectivity index (χ3v) is 2.93. The van der Waals surface area contributed by atoms with Crippen LogP contribution in [0.5, 0.6) is 0 Å². The quantitative estimate of drug-likeness (QED) is 0.735. The molecule has 2 aliphatic rings. The molecule has 2 aliphatic carbocycles. The van der Waals surface area contributed by atoms with Gasteiger partial charge in [-0.3, -0.25) is 14.4 Å². The standard InChI is InChI=1S/C17H14O3/c18-15(11-9-13-5-1-3-7-16(13)19)12-10-14-6-2-4-8-17(14)20/h1-6,9-12H,7-8H2. The number of rotatable bonds is 4. The summed E-state index contributed by atoms with van der Waals surface area (Å²) in [7, 11) is 0. The highest BCUT2D eigenvalue weighted by Crippen LogP contribution is 2.10. The van der Waals surface area contributed by atoms with E-state index in [-0.39, 0.29) is 17.3 Å². The van der Waals surface area contributed by atoms with Gasteiger partial charge in [-0.05, 0) is 24.3 Å². The van der Waals surface area contributed by atoms with Crippen molar-refractivity contribution >= 4 is 17.3 Å². The molecule has 3 nitrogen and oxygen atoms in total. The van der Waals surface area contributed by atoms with Crippen molar-refractivity contribution in [2.75, 3.05) is 0 Å². The predicted octanol–water partition coefficient (Wildman–Crippen LogP) is 2.58. The molecule has 0 amide bonds. The Kier molecular flexibility index (Phi) is 4.56. The third-order valence-electron chi connectivity index (χ3n) is 2.93. The van der Waals surface area contributed by atoms with Crippen molar-refractivity contribution in [3.05, 3.63) is 71.9 Å². The van der Waals surface area contributed by atoms with Crippen molar-refractivity contribution < 1.29 is 14.4 Å². The number of carbonyl (C=O) groups is 3. The summed E-state index contributed by atoms with van der Waals surface area (Å²) in [5.74, 6) is -0.261. The molecule has 100 valence electrons. The van der Waals surface area contributed by atoms with Gasteiger partial charge < -0.3 is 0 Å². The van der Waals surface area contributed by atoms with Gasteiger partial charge in [-0.1, -0.05) is 36.5 Å². The molecule has 0 aliphatic heterocycles. The van der Waals surface area contributed by atoms with Crippen LogP contribution < -0.4 is 0 Å². The van der Waals surface area contributed by atoms with Crippen LogP contribution in [0, 0.1) is 0 Å². The largest absolute Gasteiger partial charge is 0.294 e. The molecule has 2 rings (SSSR count). The first-order valence-electron chi connectivity index (χ1n) is 6.37. The highest BCUT2D eigenvalue weighted by Gasteiger charge is 2.08. The van der Waals surface area contributed by atoms with Gasteiger partial charge in [0.2, 0.25) is 0 Å². The van der Waals surface area contributed by atoms with Gasteiger partial charge in [-0.2, -0.15) is 0 Å². The van der Waals surface area contributed by atoms with Crippen molar-refractivity contribution in [1.29, 1.82) is 0 Å². The Hall–Kier alpha value is -2.55. The fourth-order valence-electron chi connectivity index (χ4n) is 1.81. The molecule has 0 spiro atoms. The number of hydrogen-bond acceptors (Lipinski definition) is 3. The highest BCUT2D eigenvalue weighted by atomic mass is 16.1. The fraction of sp³-hybridized carbons (Fsp3) is 0.118. The van der Waals surface area contributed by atoms with Crippen LogP contribution in [0.15, 0.2) is 71.9 Å². The number of hydrogen-bond donors (Lipinski definition) is 0. The van der Waals surface area contributed by atoms with Crippen molar-refractivity contribution in [2.45, 2.75) is 12.8 Å². The summed E-state index contributed by atoms with van der Waals surface area (Å²) in [5, 5.41) is 0. The van der Waals surface area contributed by atoms with E-state index in [0.29, 0.717) is 24.0 Å². The molecule has 0 atom stereocenters. The van der Waals surface area contributed by atoms with Gasteiger partial charge in [0, 0.05) is 24.0 Å². The lowest BCUT2D eigenvalue weighted by Gasteiger charge is -2.02. The van der Waals surface area contributed by atoms with E-state index >= 15 is 0 Å². The van der Waals surface area contributed by atoms with Crippen LogP contribution in [0.4, 0.5) is 0 Å². The molecular weight excluding hydrogens is 252 g/mol. The van der Waals surface area contributed by atoms with Crippen LogP contribution in [0.25, 0.3) is 0 Å². The Morgan fingerprint density at radius 1 is 0.850 bits per heavy atom. The molecule has 0 unspecified atom stereocenters. The molecule has 0 aromatic rings. The van der Waals surface area contributed by atoms with Crippen LogP contribution in [-0.4, -0.2) is 17.3 Å². The Morgan fingerprint density at radius 3 is 1.70 bits per heavy atom. The monoisotopic (exact) mass is 266 g/mol. The molecule has 0 radical (unpaired) electrons. The van der Waals surface area contributed by atoms with Crippen molar-refractivity contribution in [3.8, 4) is 0 Å². The summed E-state index contributed by atoms with van der Waals surface area (Å²) >= 11 is 0. The second-order valence-corrected chi connectivity index (χ2v) is 4.42. The topological polar surface area (TPSA) is 51.2 Å². The first kappa shape index (κ1) is 13.9. The molecule has 0 bridgehead atoms. The van der Waals surface area contributed by atoms with Gasteiger partial charge in [0.25, 0.3) is 0 Å². The average Bonchev–Trinajstić information content (AvgIpc) is 2.45. The maximum absolute atomic E-state index is 11.7. The molecule has 3 heteroatoms. The van der Waals surface area contributed by atoms with Crippen LogP contribution in [0.3, 0.4) is 0 Å². The molecular formula is C17H14O3. The van der Waals surface area contributed by atoms with Gasteiger partial charge >= 0.3 is 0 Å². The van der Waals surface area contributed by atoms with Gasteiger partial charge in [-0.15, -0.1) is 0 Å². The Morgan fingerprint density at radius 2 is 1.30 bits per heavy atom. The van der Waals surface area contributed by atoms with E-state index in [1.807, 2.05) is 0 Å². The van der Waals surface area contributed by atoms with Gasteiger partial charge in [0.15, 0.2) is 17.3 Å². The zero-order chi connectivity index (χ0) is 14.4. The van der Waals surface area contributed by atoms with E-state index in [1.54, 1.807) is 36.5 Å². The zero-order valence-corrected chi connectivity index (χ0v) is 10.9. The van der Waals surface area contributed by atoms with Crippen LogP contribution in [0.2, 0.25) is 0 Å². The van der Waals surface area contributed by atoms with Crippen molar-refractivity contribution in [3.63, 3.8) is 0 Å². The number of ketones is 3. The normalized spacial score (nSPS) is 18.8. The maximum atomic E-state index is 11.7. The fourth-order valence-corrected chi connectivity index (χ4v) is 1.81. The highest BCUT2D eigenvalue weighted by molar-refractivity contribution is 6.06. The smallest absolute Gasteiger partial charge is 0.178 e. The van der Waals surface area contributed by atoms with E-state index in [9.17, 15) is 14.4 Å². The minimum atomic E-state index is -0.253. The summed E-state index contributed by atoms with van der Waals surface area (Å²) < 4.78 is 0. The molecule has 0 fully saturated rings. The Labute approximate surface area is 117 Å². The first-order valence-corrected chi connectivity index (χ1v) is 6.37. The van der Waals surface area contributed by atoms with Gasteiger partial charge in [0.05, 0.1) is 0 Å². The molecule has 0 aromatic carbocycles. The Bertz CT molecular complexity index is 569. The lowest BCUT2D eigenvalue weighted by atomic mass is 10.0. The predicted molar refractivity (Wildman–Crippen MR) is 77.0 cm³/mol. The molecule has 0 saturated carbocycles. The van der Waals surface area contributed by atoms with E-state index in [0.717, 1.165) is 0 Å². The molecule has 0 saturated heterocycles. The minimum Gasteiger partial charge on any atom is -0.294 e. The number of allylic oxidation sites excluding steroid dienone is 12. The van der Waals surface area contributed by atoms with E-state index < -0.39 is 0 Å². The second kappa shape index (κ2) is 6.57. The van der Waals surface area contributed by atoms with Crippen molar-refractivity contribution in [2.24, 2.45) is 0 Å². The lowest BCUT2D eigenvalue weighted by molar-refractivity contribution is -0.115. The van der Waals surface area contributed by atoms with Crippen LogP contribution >= 0.6 is 0 Å². The molecule has 0 heterocycles. The van der Waals surface area contributed by atoms with Gasteiger partial charge in [0.1, 0.15) is 0 Å². The number of Topliss-reactive ketones (excluding diaryl/α,β-unsaturated/α-hetero) is 2. The molecule has 20 heavy (non-hydrogen) atoms. The van der Waals surface area contributed by atoms with E-state index in [4.69, 9.17) is 0 Å². The molecule has 0 N–H and O–H groups in total. The maximum Gasteiger partial charge on any atom is 0.178 e.